The average Bonchev–Trinajstić information content (AvgIpc) is 2.60. The zero-order valence-corrected chi connectivity index (χ0v) is 14.7. The summed E-state index contributed by atoms with van der Waals surface area (Å²) in [5.74, 6) is -0.314. The molecule has 2 aromatic rings. The van der Waals surface area contributed by atoms with Crippen molar-refractivity contribution in [2.24, 2.45) is 0 Å². The first-order valence-corrected chi connectivity index (χ1v) is 9.27. The lowest BCUT2D eigenvalue weighted by Crippen LogP contribution is -2.30. The summed E-state index contributed by atoms with van der Waals surface area (Å²) in [5, 5.41) is 0. The van der Waals surface area contributed by atoms with Gasteiger partial charge in [-0.05, 0) is 59.9 Å². The Morgan fingerprint density at radius 1 is 1.04 bits per heavy atom. The highest BCUT2D eigenvalue weighted by molar-refractivity contribution is 5.44. The SMILES string of the molecule is CCCC1(c2ccccc2Cc2ccc(N)c(F)c2)CCCCC1. The smallest absolute Gasteiger partial charge is 0.146 e. The summed E-state index contributed by atoms with van der Waals surface area (Å²) >= 11 is 0. The van der Waals surface area contributed by atoms with Gasteiger partial charge in [-0.25, -0.2) is 4.39 Å². The lowest BCUT2D eigenvalue weighted by atomic mass is 9.65. The molecule has 1 fully saturated rings. The van der Waals surface area contributed by atoms with Crippen LogP contribution in [0.25, 0.3) is 0 Å². The molecule has 128 valence electrons. The van der Waals surface area contributed by atoms with Gasteiger partial charge in [0.15, 0.2) is 0 Å². The Hall–Kier alpha value is -1.83. The molecule has 0 spiro atoms. The van der Waals surface area contributed by atoms with Crippen molar-refractivity contribution in [1.29, 1.82) is 0 Å². The van der Waals surface area contributed by atoms with E-state index < -0.39 is 0 Å². The second-order valence-corrected chi connectivity index (χ2v) is 7.28. The molecular formula is C22H28FN. The zero-order valence-electron chi connectivity index (χ0n) is 14.7. The van der Waals surface area contributed by atoms with E-state index in [0.29, 0.717) is 5.41 Å². The number of nitrogens with two attached hydrogens (primary N) is 1. The van der Waals surface area contributed by atoms with Crippen molar-refractivity contribution in [3.63, 3.8) is 0 Å². The van der Waals surface area contributed by atoms with Crippen molar-refractivity contribution < 1.29 is 4.39 Å². The van der Waals surface area contributed by atoms with E-state index in [1.165, 1.54) is 56.1 Å². The first-order valence-electron chi connectivity index (χ1n) is 9.27. The number of nitrogen functional groups attached to an aromatic ring is 1. The number of anilines is 1. The molecule has 0 aliphatic heterocycles. The molecule has 0 aromatic heterocycles. The van der Waals surface area contributed by atoms with Gasteiger partial charge < -0.3 is 5.73 Å². The van der Waals surface area contributed by atoms with Gasteiger partial charge in [0.1, 0.15) is 5.82 Å². The predicted molar refractivity (Wildman–Crippen MR) is 99.7 cm³/mol. The maximum absolute atomic E-state index is 13.8. The summed E-state index contributed by atoms with van der Waals surface area (Å²) in [6, 6.07) is 14.0. The molecule has 3 rings (SSSR count). The summed E-state index contributed by atoms with van der Waals surface area (Å²) in [4.78, 5) is 0. The lowest BCUT2D eigenvalue weighted by Gasteiger charge is -2.39. The topological polar surface area (TPSA) is 26.0 Å². The minimum atomic E-state index is -0.314. The molecule has 0 saturated heterocycles. The first kappa shape index (κ1) is 17.0. The Morgan fingerprint density at radius 3 is 2.50 bits per heavy atom. The third-order valence-corrected chi connectivity index (χ3v) is 5.59. The Kier molecular flexibility index (Phi) is 5.23. The number of rotatable bonds is 5. The third kappa shape index (κ3) is 3.48. The third-order valence-electron chi connectivity index (χ3n) is 5.59. The van der Waals surface area contributed by atoms with E-state index in [-0.39, 0.29) is 11.5 Å². The van der Waals surface area contributed by atoms with Gasteiger partial charge in [0.2, 0.25) is 0 Å². The Balaban J connectivity index is 1.95. The molecule has 1 saturated carbocycles. The van der Waals surface area contributed by atoms with E-state index in [0.717, 1.165) is 12.0 Å². The molecule has 1 nitrogen and oxygen atoms in total. The van der Waals surface area contributed by atoms with Crippen LogP contribution < -0.4 is 5.73 Å². The van der Waals surface area contributed by atoms with E-state index in [2.05, 4.69) is 31.2 Å². The van der Waals surface area contributed by atoms with Gasteiger partial charge in [0, 0.05) is 0 Å². The second kappa shape index (κ2) is 7.38. The van der Waals surface area contributed by atoms with Crippen molar-refractivity contribution >= 4 is 5.69 Å². The van der Waals surface area contributed by atoms with E-state index in [9.17, 15) is 4.39 Å². The van der Waals surface area contributed by atoms with Crippen LogP contribution in [0.4, 0.5) is 10.1 Å². The van der Waals surface area contributed by atoms with Crippen molar-refractivity contribution in [3.8, 4) is 0 Å². The van der Waals surface area contributed by atoms with Crippen LogP contribution in [0, 0.1) is 5.82 Å². The number of hydrogen-bond donors (Lipinski definition) is 1. The fraction of sp³-hybridized carbons (Fsp3) is 0.455. The van der Waals surface area contributed by atoms with Gasteiger partial charge in [-0.3, -0.25) is 0 Å². The van der Waals surface area contributed by atoms with Crippen molar-refractivity contribution in [2.45, 2.75) is 63.7 Å². The van der Waals surface area contributed by atoms with Crippen molar-refractivity contribution in [3.05, 3.63) is 65.0 Å². The Morgan fingerprint density at radius 2 is 1.79 bits per heavy atom. The van der Waals surface area contributed by atoms with Gasteiger partial charge in [0.25, 0.3) is 0 Å². The molecule has 2 N–H and O–H groups in total. The quantitative estimate of drug-likeness (QED) is 0.670. The van der Waals surface area contributed by atoms with Crippen molar-refractivity contribution in [2.75, 3.05) is 5.73 Å². The highest BCUT2D eigenvalue weighted by Gasteiger charge is 2.34. The van der Waals surface area contributed by atoms with E-state index >= 15 is 0 Å². The second-order valence-electron chi connectivity index (χ2n) is 7.28. The highest BCUT2D eigenvalue weighted by atomic mass is 19.1. The molecule has 0 bridgehead atoms. The zero-order chi connectivity index (χ0) is 17.0. The van der Waals surface area contributed by atoms with Crippen LogP contribution in [0.15, 0.2) is 42.5 Å². The van der Waals surface area contributed by atoms with Crippen LogP contribution in [0.3, 0.4) is 0 Å². The largest absolute Gasteiger partial charge is 0.396 e. The molecule has 0 radical (unpaired) electrons. The van der Waals surface area contributed by atoms with Crippen molar-refractivity contribution in [1.82, 2.24) is 0 Å². The maximum Gasteiger partial charge on any atom is 0.146 e. The van der Waals surface area contributed by atoms with Gasteiger partial charge in [-0.15, -0.1) is 0 Å². The minimum Gasteiger partial charge on any atom is -0.396 e. The lowest BCUT2D eigenvalue weighted by molar-refractivity contribution is 0.270. The number of halogens is 1. The normalized spacial score (nSPS) is 16.9. The van der Waals surface area contributed by atoms with E-state index in [4.69, 9.17) is 5.73 Å². The van der Waals surface area contributed by atoms with Crippen LogP contribution in [-0.2, 0) is 11.8 Å². The van der Waals surface area contributed by atoms with Crippen LogP contribution in [0.1, 0.15) is 68.6 Å². The molecule has 2 heteroatoms. The average molecular weight is 325 g/mol. The molecule has 1 aliphatic carbocycles. The molecule has 2 aromatic carbocycles. The predicted octanol–water partition coefficient (Wildman–Crippen LogP) is 6.00. The van der Waals surface area contributed by atoms with Crippen LogP contribution in [0.2, 0.25) is 0 Å². The van der Waals surface area contributed by atoms with Crippen LogP contribution in [-0.4, -0.2) is 0 Å². The fourth-order valence-electron chi connectivity index (χ4n) is 4.45. The van der Waals surface area contributed by atoms with E-state index in [1.807, 2.05) is 6.07 Å². The van der Waals surface area contributed by atoms with Gasteiger partial charge >= 0.3 is 0 Å². The monoisotopic (exact) mass is 325 g/mol. The maximum atomic E-state index is 13.8. The fourth-order valence-corrected chi connectivity index (χ4v) is 4.45. The Bertz CT molecular complexity index is 681. The Labute approximate surface area is 145 Å². The van der Waals surface area contributed by atoms with Crippen LogP contribution in [0.5, 0.6) is 0 Å². The van der Waals surface area contributed by atoms with Gasteiger partial charge in [-0.2, -0.15) is 0 Å². The highest BCUT2D eigenvalue weighted by Crippen LogP contribution is 2.44. The van der Waals surface area contributed by atoms with E-state index in [1.54, 1.807) is 12.1 Å². The summed E-state index contributed by atoms with van der Waals surface area (Å²) in [7, 11) is 0. The molecular weight excluding hydrogens is 297 g/mol. The summed E-state index contributed by atoms with van der Waals surface area (Å²) in [6.45, 7) is 2.29. The molecule has 24 heavy (non-hydrogen) atoms. The summed E-state index contributed by atoms with van der Waals surface area (Å²) in [6.07, 6.45) is 9.82. The number of benzene rings is 2. The van der Waals surface area contributed by atoms with Gasteiger partial charge in [-0.1, -0.05) is 62.9 Å². The molecule has 0 unspecified atom stereocenters. The molecule has 1 aliphatic rings. The molecule has 0 amide bonds. The molecule has 0 atom stereocenters. The van der Waals surface area contributed by atoms with Crippen LogP contribution >= 0.6 is 0 Å². The molecule has 0 heterocycles. The summed E-state index contributed by atoms with van der Waals surface area (Å²) in [5.41, 5.74) is 9.98. The number of hydrogen-bond acceptors (Lipinski definition) is 1. The first-order chi connectivity index (χ1) is 11.6. The minimum absolute atomic E-state index is 0.224. The summed E-state index contributed by atoms with van der Waals surface area (Å²) < 4.78 is 13.8. The standard InChI is InChI=1S/C22H28FN/c1-2-12-22(13-6-3-7-14-22)19-9-5-4-8-18(19)15-17-10-11-21(24)20(23)16-17/h4-5,8-11,16H,2-3,6-7,12-15,24H2,1H3. The van der Waals surface area contributed by atoms with Gasteiger partial charge in [0.05, 0.1) is 5.69 Å².